The lowest BCUT2D eigenvalue weighted by Gasteiger charge is -2.50. The van der Waals surface area contributed by atoms with Crippen molar-refractivity contribution in [2.45, 2.75) is 31.0 Å². The minimum Gasteiger partial charge on any atom is -0.669 e. The summed E-state index contributed by atoms with van der Waals surface area (Å²) in [7, 11) is 1.35. The zero-order chi connectivity index (χ0) is 15.6. The highest BCUT2D eigenvalue weighted by molar-refractivity contribution is 6.61. The maximum absolute atomic E-state index is 11.5. The third-order valence-electron chi connectivity index (χ3n) is 5.71. The summed E-state index contributed by atoms with van der Waals surface area (Å²) in [4.78, 5) is 11.5. The van der Waals surface area contributed by atoms with Gasteiger partial charge in [0.25, 0.3) is 0 Å². The summed E-state index contributed by atoms with van der Waals surface area (Å²) >= 11 is 0. The quantitative estimate of drug-likeness (QED) is 0.760. The molecule has 6 nitrogen and oxygen atoms in total. The van der Waals surface area contributed by atoms with Gasteiger partial charge in [-0.1, -0.05) is 24.2 Å². The van der Waals surface area contributed by atoms with Crippen LogP contribution in [0.4, 0.5) is 0 Å². The van der Waals surface area contributed by atoms with Gasteiger partial charge in [0, 0.05) is 0 Å². The number of fused-ring (bicyclic) bond motifs is 7. The first-order valence-electron chi connectivity index (χ1n) is 7.64. The van der Waals surface area contributed by atoms with E-state index in [9.17, 15) is 19.9 Å². The molecule has 0 aromatic heterocycles. The van der Waals surface area contributed by atoms with Gasteiger partial charge in [-0.05, 0) is 36.3 Å². The van der Waals surface area contributed by atoms with Gasteiger partial charge in [0.05, 0.1) is 24.4 Å². The van der Waals surface area contributed by atoms with Crippen LogP contribution in [0.3, 0.4) is 0 Å². The van der Waals surface area contributed by atoms with Crippen molar-refractivity contribution in [2.24, 2.45) is 11.8 Å². The number of carbonyl (C=O) groups excluding carboxylic acids is 1. The molecule has 118 valence electrons. The van der Waals surface area contributed by atoms with Crippen molar-refractivity contribution < 1.29 is 29.3 Å². The van der Waals surface area contributed by atoms with Crippen LogP contribution in [0.5, 0.6) is 11.5 Å². The molecule has 2 N–H and O–H groups in total. The Bertz CT molecular complexity index is 658. The summed E-state index contributed by atoms with van der Waals surface area (Å²) in [6.45, 7) is -3.09. The van der Waals surface area contributed by atoms with Gasteiger partial charge in [-0.2, -0.15) is 0 Å². The molecular formula is C15H17BO6-2. The number of carboxylic acids is 1. The van der Waals surface area contributed by atoms with Gasteiger partial charge < -0.3 is 29.3 Å². The Kier molecular flexibility index (Phi) is 2.78. The molecule has 2 aliphatic carbocycles. The molecular weight excluding hydrogens is 287 g/mol. The maximum atomic E-state index is 11.5. The van der Waals surface area contributed by atoms with Crippen LogP contribution in [0, 0.1) is 11.8 Å². The minimum atomic E-state index is -3.09. The largest absolute Gasteiger partial charge is 0.669 e. The van der Waals surface area contributed by atoms with E-state index in [-0.39, 0.29) is 34.7 Å². The van der Waals surface area contributed by atoms with Gasteiger partial charge in [-0.15, -0.1) is 0 Å². The molecule has 4 atom stereocenters. The molecule has 0 saturated heterocycles. The Morgan fingerprint density at radius 3 is 2.77 bits per heavy atom. The topological polar surface area (TPSA) is 99.1 Å². The van der Waals surface area contributed by atoms with Crippen LogP contribution >= 0.6 is 0 Å². The predicted octanol–water partition coefficient (Wildman–Crippen LogP) is 0.258. The Morgan fingerprint density at radius 1 is 1.36 bits per heavy atom. The number of rotatable bonds is 2. The third-order valence-corrected chi connectivity index (χ3v) is 5.71. The number of carboxylic acid groups (broad SMARTS) is 1. The van der Waals surface area contributed by atoms with Crippen LogP contribution in [0.15, 0.2) is 12.1 Å². The van der Waals surface area contributed by atoms with Crippen molar-refractivity contribution in [3.63, 3.8) is 0 Å². The average molecular weight is 304 g/mol. The second-order valence-corrected chi connectivity index (χ2v) is 6.66. The van der Waals surface area contributed by atoms with E-state index in [0.29, 0.717) is 5.92 Å². The molecule has 2 saturated carbocycles. The summed E-state index contributed by atoms with van der Waals surface area (Å²) in [6, 6.07) is 3.37. The number of aromatic carboxylic acids is 1. The van der Waals surface area contributed by atoms with Gasteiger partial charge in [-0.25, -0.2) is 0 Å². The smallest absolute Gasteiger partial charge is 0.434 e. The van der Waals surface area contributed by atoms with Crippen molar-refractivity contribution in [1.29, 1.82) is 0 Å². The fourth-order valence-electron chi connectivity index (χ4n) is 5.01. The van der Waals surface area contributed by atoms with Gasteiger partial charge >= 0.3 is 6.75 Å². The summed E-state index contributed by atoms with van der Waals surface area (Å²) in [5.41, 5.74) is 0.494. The summed E-state index contributed by atoms with van der Waals surface area (Å²) in [5.74, 6) is -1.18. The zero-order valence-electron chi connectivity index (χ0n) is 12.2. The summed E-state index contributed by atoms with van der Waals surface area (Å²) < 4.78 is 10.5. The summed E-state index contributed by atoms with van der Waals surface area (Å²) in [6.07, 6.45) is 2.94. The van der Waals surface area contributed by atoms with Crippen molar-refractivity contribution >= 4 is 12.7 Å². The van der Waals surface area contributed by atoms with Crippen LogP contribution in [-0.4, -0.2) is 29.9 Å². The lowest BCUT2D eigenvalue weighted by atomic mass is 9.50. The zero-order valence-corrected chi connectivity index (χ0v) is 12.2. The third kappa shape index (κ3) is 1.66. The van der Waals surface area contributed by atoms with E-state index in [0.717, 1.165) is 24.8 Å². The second-order valence-electron chi connectivity index (χ2n) is 6.66. The molecule has 4 rings (SSSR count). The van der Waals surface area contributed by atoms with Crippen molar-refractivity contribution in [1.82, 2.24) is 0 Å². The SMILES string of the molecule is COc1ccc2c(c1C(=O)[O-])O[B-](O)(O)C1C3CCC(C3)C21. The van der Waals surface area contributed by atoms with Crippen LogP contribution < -0.4 is 14.5 Å². The first kappa shape index (κ1) is 13.9. The minimum absolute atomic E-state index is 0.00171. The fraction of sp³-hybridized carbons (Fsp3) is 0.533. The van der Waals surface area contributed by atoms with Gasteiger partial charge in [0.15, 0.2) is 0 Å². The molecule has 2 fully saturated rings. The Labute approximate surface area is 127 Å². The number of methoxy groups -OCH3 is 1. The average Bonchev–Trinajstić information content (AvgIpc) is 3.06. The number of ether oxygens (including phenoxy) is 1. The maximum Gasteiger partial charge on any atom is 0.434 e. The van der Waals surface area contributed by atoms with Crippen LogP contribution in [0.1, 0.15) is 41.1 Å². The van der Waals surface area contributed by atoms with E-state index in [1.165, 1.54) is 7.11 Å². The van der Waals surface area contributed by atoms with Gasteiger partial charge in [0.2, 0.25) is 0 Å². The van der Waals surface area contributed by atoms with Crippen molar-refractivity contribution in [3.05, 3.63) is 23.3 Å². The number of hydrogen-bond donors (Lipinski definition) is 2. The first-order valence-corrected chi connectivity index (χ1v) is 7.64. The molecule has 4 unspecified atom stereocenters. The Balaban J connectivity index is 1.93. The van der Waals surface area contributed by atoms with E-state index >= 15 is 0 Å². The highest BCUT2D eigenvalue weighted by Crippen LogP contribution is 2.65. The van der Waals surface area contributed by atoms with Crippen LogP contribution in [0.2, 0.25) is 5.82 Å². The van der Waals surface area contributed by atoms with E-state index in [2.05, 4.69) is 0 Å². The number of hydrogen-bond acceptors (Lipinski definition) is 6. The molecule has 0 radical (unpaired) electrons. The molecule has 1 aromatic carbocycles. The van der Waals surface area contributed by atoms with E-state index in [1.54, 1.807) is 12.1 Å². The lowest BCUT2D eigenvalue weighted by molar-refractivity contribution is -0.255. The molecule has 1 heterocycles. The highest BCUT2D eigenvalue weighted by Gasteiger charge is 2.58. The normalized spacial score (nSPS) is 33.8. The number of carbonyl (C=O) groups is 1. The molecule has 22 heavy (non-hydrogen) atoms. The summed E-state index contributed by atoms with van der Waals surface area (Å²) in [5, 5.41) is 32.3. The molecule has 2 bridgehead atoms. The number of benzene rings is 1. The molecule has 0 amide bonds. The molecule has 7 heteroatoms. The molecule has 1 aliphatic heterocycles. The van der Waals surface area contributed by atoms with Crippen LogP contribution in [0.25, 0.3) is 0 Å². The van der Waals surface area contributed by atoms with Crippen LogP contribution in [-0.2, 0) is 0 Å². The van der Waals surface area contributed by atoms with E-state index < -0.39 is 12.7 Å². The molecule has 3 aliphatic rings. The van der Waals surface area contributed by atoms with Gasteiger partial charge in [-0.3, -0.25) is 0 Å². The monoisotopic (exact) mass is 304 g/mol. The van der Waals surface area contributed by atoms with Gasteiger partial charge in [0.1, 0.15) is 5.75 Å². The molecule has 1 aromatic rings. The van der Waals surface area contributed by atoms with E-state index in [4.69, 9.17) is 9.39 Å². The Morgan fingerprint density at radius 2 is 2.09 bits per heavy atom. The standard InChI is InChI=1S/C15H18BO6/c1-21-10-5-4-9-11-7-2-3-8(6-7)13(11)16(19,20)22-14(9)12(10)15(17)18/h4-5,7-8,11,13,19-20H,2-3,6H2,1H3,(H,17,18)/q-1/p-1. The Hall–Kier alpha value is -1.73. The predicted molar refractivity (Wildman–Crippen MR) is 75.5 cm³/mol. The first-order chi connectivity index (χ1) is 10.4. The van der Waals surface area contributed by atoms with Crippen molar-refractivity contribution in [3.8, 4) is 11.5 Å². The fourth-order valence-corrected chi connectivity index (χ4v) is 5.01. The lowest BCUT2D eigenvalue weighted by Crippen LogP contribution is -2.54. The van der Waals surface area contributed by atoms with E-state index in [1.807, 2.05) is 0 Å². The second kappa shape index (κ2) is 4.39. The molecule has 0 spiro atoms. The highest BCUT2D eigenvalue weighted by atomic mass is 16.6. The van der Waals surface area contributed by atoms with Crippen molar-refractivity contribution in [2.75, 3.05) is 7.11 Å².